The molecule has 0 aliphatic carbocycles. The first-order valence-electron chi connectivity index (χ1n) is 11.5. The molecule has 0 atom stereocenters. The van der Waals surface area contributed by atoms with E-state index in [1.54, 1.807) is 6.33 Å². The lowest BCUT2D eigenvalue weighted by Crippen LogP contribution is -2.06. The number of carbonyl (C=O) groups excluding carboxylic acids is 1. The number of aromatic nitrogens is 4. The molecule has 5 rings (SSSR count). The van der Waals surface area contributed by atoms with Crippen LogP contribution < -0.4 is 10.1 Å². The van der Waals surface area contributed by atoms with Crippen LogP contribution >= 0.6 is 0 Å². The van der Waals surface area contributed by atoms with Gasteiger partial charge in [-0.25, -0.2) is 15.0 Å². The van der Waals surface area contributed by atoms with E-state index in [1.807, 2.05) is 87.6 Å². The Hall–Kier alpha value is -4.78. The molecule has 36 heavy (non-hydrogen) atoms. The Balaban J connectivity index is 1.59. The summed E-state index contributed by atoms with van der Waals surface area (Å²) >= 11 is 0. The van der Waals surface area contributed by atoms with E-state index in [0.717, 1.165) is 44.8 Å². The van der Waals surface area contributed by atoms with Crippen molar-refractivity contribution in [1.82, 2.24) is 19.5 Å². The summed E-state index contributed by atoms with van der Waals surface area (Å²) in [4.78, 5) is 25.1. The summed E-state index contributed by atoms with van der Waals surface area (Å²) in [5.41, 5.74) is 7.39. The number of hydrogen-bond acceptors (Lipinski definition) is 5. The second-order valence-electron chi connectivity index (χ2n) is 8.45. The van der Waals surface area contributed by atoms with Gasteiger partial charge < -0.3 is 14.6 Å². The molecule has 0 radical (unpaired) electrons. The molecular weight excluding hydrogens is 450 g/mol. The third kappa shape index (κ3) is 4.34. The highest BCUT2D eigenvalue weighted by Gasteiger charge is 2.21. The predicted molar refractivity (Wildman–Crippen MR) is 142 cm³/mol. The number of amides is 1. The molecule has 7 nitrogen and oxygen atoms in total. The molecule has 3 aromatic heterocycles. The number of aryl methyl sites for hydroxylation is 3. The van der Waals surface area contributed by atoms with E-state index in [0.29, 0.717) is 17.3 Å². The van der Waals surface area contributed by atoms with Gasteiger partial charge in [-0.2, -0.15) is 0 Å². The maximum Gasteiger partial charge on any atom is 0.247 e. The van der Waals surface area contributed by atoms with Gasteiger partial charge in [0.15, 0.2) is 0 Å². The van der Waals surface area contributed by atoms with Crippen LogP contribution in [0.5, 0.6) is 11.6 Å². The third-order valence-corrected chi connectivity index (χ3v) is 6.00. The first-order valence-corrected chi connectivity index (χ1v) is 11.5. The van der Waals surface area contributed by atoms with Gasteiger partial charge >= 0.3 is 0 Å². The molecule has 0 unspecified atom stereocenters. The van der Waals surface area contributed by atoms with E-state index in [1.165, 1.54) is 6.08 Å². The number of fused-ring (bicyclic) bond motifs is 1. The van der Waals surface area contributed by atoms with Crippen molar-refractivity contribution in [3.05, 3.63) is 97.1 Å². The molecule has 3 heterocycles. The SMILES string of the molecule is C=CC(=O)Nc1ccc(-c2c(-c3ccc(Oc4cccc(C)n4)cc3)c3c(C)ncnc3n2C)cc1. The highest BCUT2D eigenvalue weighted by atomic mass is 16.5. The first kappa shape index (κ1) is 23.0. The van der Waals surface area contributed by atoms with Gasteiger partial charge in [-0.3, -0.25) is 4.79 Å². The van der Waals surface area contributed by atoms with Crippen LogP contribution in [0.4, 0.5) is 5.69 Å². The molecule has 0 aliphatic rings. The second kappa shape index (κ2) is 9.46. The lowest BCUT2D eigenvalue weighted by atomic mass is 9.98. The molecule has 0 spiro atoms. The summed E-state index contributed by atoms with van der Waals surface area (Å²) in [7, 11) is 2.00. The van der Waals surface area contributed by atoms with Crippen LogP contribution in [0.2, 0.25) is 0 Å². The zero-order chi connectivity index (χ0) is 25.2. The van der Waals surface area contributed by atoms with Crippen molar-refractivity contribution in [2.24, 2.45) is 7.05 Å². The van der Waals surface area contributed by atoms with Crippen molar-refractivity contribution in [3.8, 4) is 34.0 Å². The fourth-order valence-corrected chi connectivity index (χ4v) is 4.31. The first-order chi connectivity index (χ1) is 17.4. The van der Waals surface area contributed by atoms with Crippen LogP contribution in [0, 0.1) is 13.8 Å². The molecule has 178 valence electrons. The van der Waals surface area contributed by atoms with Gasteiger partial charge in [0.25, 0.3) is 0 Å². The maximum absolute atomic E-state index is 11.7. The minimum absolute atomic E-state index is 0.248. The fraction of sp³-hybridized carbons (Fsp3) is 0.103. The zero-order valence-electron chi connectivity index (χ0n) is 20.3. The quantitative estimate of drug-likeness (QED) is 0.294. The van der Waals surface area contributed by atoms with E-state index in [-0.39, 0.29) is 5.91 Å². The van der Waals surface area contributed by atoms with E-state index in [2.05, 4.69) is 31.4 Å². The summed E-state index contributed by atoms with van der Waals surface area (Å²) in [6.45, 7) is 7.43. The standard InChI is InChI=1S/C29H25N5O2/c1-5-24(35)33-22-13-9-21(10-14-22)28-27(26-19(3)30-17-31-29(26)34(28)4)20-11-15-23(16-12-20)36-25-8-6-7-18(2)32-25/h5-17H,1H2,2-4H3,(H,33,35). The largest absolute Gasteiger partial charge is 0.439 e. The van der Waals surface area contributed by atoms with E-state index < -0.39 is 0 Å². The van der Waals surface area contributed by atoms with Gasteiger partial charge in [0.1, 0.15) is 17.7 Å². The highest BCUT2D eigenvalue weighted by Crippen LogP contribution is 2.41. The van der Waals surface area contributed by atoms with E-state index in [9.17, 15) is 4.79 Å². The smallest absolute Gasteiger partial charge is 0.247 e. The number of nitrogens with one attached hydrogen (secondary N) is 1. The molecule has 0 aliphatic heterocycles. The molecule has 7 heteroatoms. The number of benzene rings is 2. The minimum atomic E-state index is -0.248. The highest BCUT2D eigenvalue weighted by molar-refractivity contribution is 6.04. The summed E-state index contributed by atoms with van der Waals surface area (Å²) < 4.78 is 8.03. The molecule has 1 N–H and O–H groups in total. The lowest BCUT2D eigenvalue weighted by Gasteiger charge is -2.11. The van der Waals surface area contributed by atoms with Crippen molar-refractivity contribution >= 4 is 22.6 Å². The molecule has 0 bridgehead atoms. The van der Waals surface area contributed by atoms with Gasteiger partial charge in [0.2, 0.25) is 11.8 Å². The van der Waals surface area contributed by atoms with Crippen LogP contribution in [0.25, 0.3) is 33.4 Å². The number of nitrogens with zero attached hydrogens (tertiary/aromatic N) is 4. The van der Waals surface area contributed by atoms with Crippen molar-refractivity contribution in [2.75, 3.05) is 5.32 Å². The number of rotatable bonds is 6. The Labute approximate surface area is 209 Å². The van der Waals surface area contributed by atoms with Crippen molar-refractivity contribution < 1.29 is 9.53 Å². The van der Waals surface area contributed by atoms with Crippen molar-refractivity contribution in [2.45, 2.75) is 13.8 Å². The molecule has 0 saturated carbocycles. The van der Waals surface area contributed by atoms with E-state index >= 15 is 0 Å². The second-order valence-corrected chi connectivity index (χ2v) is 8.45. The predicted octanol–water partition coefficient (Wildman–Crippen LogP) is 6.23. The van der Waals surface area contributed by atoms with Crippen LogP contribution in [-0.4, -0.2) is 25.4 Å². The average molecular weight is 476 g/mol. The summed E-state index contributed by atoms with van der Waals surface area (Å²) in [5.74, 6) is 1.01. The molecule has 0 saturated heterocycles. The molecule has 5 aromatic rings. The van der Waals surface area contributed by atoms with Crippen LogP contribution in [0.15, 0.2) is 85.7 Å². The van der Waals surface area contributed by atoms with Crippen LogP contribution in [0.3, 0.4) is 0 Å². The van der Waals surface area contributed by atoms with Crippen molar-refractivity contribution in [3.63, 3.8) is 0 Å². The Kier molecular flexibility index (Phi) is 6.04. The third-order valence-electron chi connectivity index (χ3n) is 6.00. The average Bonchev–Trinajstić information content (AvgIpc) is 3.18. The maximum atomic E-state index is 11.7. The number of ether oxygens (including phenoxy) is 1. The normalized spacial score (nSPS) is 10.9. The Morgan fingerprint density at radius 2 is 1.69 bits per heavy atom. The van der Waals surface area contributed by atoms with Crippen LogP contribution in [0.1, 0.15) is 11.4 Å². The summed E-state index contributed by atoms with van der Waals surface area (Å²) in [5, 5.41) is 3.78. The van der Waals surface area contributed by atoms with Gasteiger partial charge in [0.05, 0.1) is 11.4 Å². The van der Waals surface area contributed by atoms with Gasteiger partial charge in [-0.05, 0) is 61.4 Å². The number of pyridine rings is 1. The van der Waals surface area contributed by atoms with Crippen LogP contribution in [-0.2, 0) is 11.8 Å². The lowest BCUT2D eigenvalue weighted by molar-refractivity contribution is -0.111. The molecule has 0 fully saturated rings. The van der Waals surface area contributed by atoms with Gasteiger partial charge in [0, 0.05) is 35.4 Å². The number of anilines is 1. The van der Waals surface area contributed by atoms with Crippen molar-refractivity contribution in [1.29, 1.82) is 0 Å². The molecule has 1 amide bonds. The minimum Gasteiger partial charge on any atom is -0.439 e. The zero-order valence-corrected chi connectivity index (χ0v) is 20.3. The Bertz CT molecular complexity index is 1590. The van der Waals surface area contributed by atoms with Gasteiger partial charge in [-0.15, -0.1) is 0 Å². The Morgan fingerprint density at radius 3 is 2.39 bits per heavy atom. The van der Waals surface area contributed by atoms with E-state index in [4.69, 9.17) is 4.74 Å². The summed E-state index contributed by atoms with van der Waals surface area (Å²) in [6.07, 6.45) is 2.84. The topological polar surface area (TPSA) is 81.9 Å². The Morgan fingerprint density at radius 1 is 0.972 bits per heavy atom. The molecular formula is C29H25N5O2. The van der Waals surface area contributed by atoms with Gasteiger partial charge in [-0.1, -0.05) is 36.9 Å². The number of hydrogen-bond donors (Lipinski definition) is 1. The molecule has 2 aromatic carbocycles. The number of carbonyl (C=O) groups is 1. The summed E-state index contributed by atoms with van der Waals surface area (Å²) in [6, 6.07) is 21.4. The fourth-order valence-electron chi connectivity index (χ4n) is 4.31. The monoisotopic (exact) mass is 475 g/mol.